The molecule has 1 spiro atoms. The molecule has 3 rings (SSSR count). The third kappa shape index (κ3) is 1.35. The Hall–Kier alpha value is -1.08. The van der Waals surface area contributed by atoms with Gasteiger partial charge in [0.15, 0.2) is 0 Å². The summed E-state index contributed by atoms with van der Waals surface area (Å²) in [6.07, 6.45) is 6.01. The Balaban J connectivity index is 1.96. The third-order valence-corrected chi connectivity index (χ3v) is 4.14. The third-order valence-electron chi connectivity index (χ3n) is 4.14. The van der Waals surface area contributed by atoms with Gasteiger partial charge in [-0.25, -0.2) is 0 Å². The van der Waals surface area contributed by atoms with Crippen molar-refractivity contribution in [1.82, 2.24) is 4.90 Å². The predicted octanol–water partition coefficient (Wildman–Crippen LogP) is 3.07. The highest BCUT2D eigenvalue weighted by molar-refractivity contribution is 5.65. The molecule has 0 amide bonds. The van der Waals surface area contributed by atoms with E-state index in [2.05, 4.69) is 55.2 Å². The van der Waals surface area contributed by atoms with Crippen LogP contribution in [0, 0.1) is 0 Å². The van der Waals surface area contributed by atoms with Crippen molar-refractivity contribution in [3.63, 3.8) is 0 Å². The van der Waals surface area contributed by atoms with Crippen molar-refractivity contribution in [2.45, 2.75) is 31.7 Å². The molecule has 0 N–H and O–H groups in total. The van der Waals surface area contributed by atoms with Gasteiger partial charge in [0.25, 0.3) is 0 Å². The highest BCUT2D eigenvalue weighted by Gasteiger charge is 2.41. The summed E-state index contributed by atoms with van der Waals surface area (Å²) >= 11 is 0. The zero-order chi connectivity index (χ0) is 11.2. The van der Waals surface area contributed by atoms with Gasteiger partial charge in [-0.3, -0.25) is 4.90 Å². The lowest BCUT2D eigenvalue weighted by Gasteiger charge is -2.26. The lowest BCUT2D eigenvalue weighted by molar-refractivity contribution is 0.265. The van der Waals surface area contributed by atoms with E-state index in [4.69, 9.17) is 0 Å². The largest absolute Gasteiger partial charge is 0.300 e. The van der Waals surface area contributed by atoms with E-state index in [1.54, 1.807) is 0 Å². The van der Waals surface area contributed by atoms with Crippen LogP contribution in [0.25, 0.3) is 6.08 Å². The van der Waals surface area contributed by atoms with E-state index in [9.17, 15) is 0 Å². The van der Waals surface area contributed by atoms with Gasteiger partial charge in [0, 0.05) is 18.0 Å². The summed E-state index contributed by atoms with van der Waals surface area (Å²) in [5, 5.41) is 0. The zero-order valence-corrected chi connectivity index (χ0v) is 10.1. The van der Waals surface area contributed by atoms with Gasteiger partial charge in [0.1, 0.15) is 0 Å². The molecule has 0 radical (unpaired) electrons. The summed E-state index contributed by atoms with van der Waals surface area (Å²) in [6, 6.07) is 9.52. The van der Waals surface area contributed by atoms with Crippen molar-refractivity contribution in [1.29, 1.82) is 0 Å². The van der Waals surface area contributed by atoms with E-state index in [1.807, 2.05) is 0 Å². The smallest absolute Gasteiger partial charge is 0.0281 e. The highest BCUT2D eigenvalue weighted by atomic mass is 15.2. The van der Waals surface area contributed by atoms with Gasteiger partial charge in [-0.15, -0.1) is 0 Å². The summed E-state index contributed by atoms with van der Waals surface area (Å²) in [5.74, 6) is 0. The van der Waals surface area contributed by atoms with Crippen molar-refractivity contribution >= 4 is 6.08 Å². The highest BCUT2D eigenvalue weighted by Crippen LogP contribution is 2.43. The second-order valence-corrected chi connectivity index (χ2v) is 5.39. The Labute approximate surface area is 97.8 Å². The molecule has 1 fully saturated rings. The Morgan fingerprint density at radius 1 is 1.25 bits per heavy atom. The Bertz CT molecular complexity index is 433. The molecule has 0 saturated carbocycles. The molecule has 2 aliphatic rings. The van der Waals surface area contributed by atoms with Crippen LogP contribution in [-0.4, -0.2) is 24.0 Å². The molecule has 1 heteroatoms. The fourth-order valence-electron chi connectivity index (χ4n) is 3.10. The first-order chi connectivity index (χ1) is 7.71. The number of benzene rings is 1. The minimum Gasteiger partial charge on any atom is -0.300 e. The van der Waals surface area contributed by atoms with Crippen LogP contribution in [0.15, 0.2) is 30.3 Å². The van der Waals surface area contributed by atoms with Gasteiger partial charge in [0.2, 0.25) is 0 Å². The van der Waals surface area contributed by atoms with Gasteiger partial charge < -0.3 is 0 Å². The Morgan fingerprint density at radius 3 is 2.81 bits per heavy atom. The maximum atomic E-state index is 2.59. The number of likely N-dealkylation sites (tertiary alicyclic amines) is 1. The molecule has 1 unspecified atom stereocenters. The molecule has 1 saturated heterocycles. The maximum absolute atomic E-state index is 2.59. The average Bonchev–Trinajstić information content (AvgIpc) is 2.87. The summed E-state index contributed by atoms with van der Waals surface area (Å²) in [4.78, 5) is 2.59. The van der Waals surface area contributed by atoms with E-state index >= 15 is 0 Å². The predicted molar refractivity (Wildman–Crippen MR) is 68.5 cm³/mol. The van der Waals surface area contributed by atoms with Crippen LogP contribution in [0.4, 0.5) is 0 Å². The average molecular weight is 213 g/mol. The van der Waals surface area contributed by atoms with Crippen molar-refractivity contribution in [2.75, 3.05) is 13.1 Å². The summed E-state index contributed by atoms with van der Waals surface area (Å²) in [5.41, 5.74) is 3.28. The van der Waals surface area contributed by atoms with Gasteiger partial charge in [-0.2, -0.15) is 0 Å². The first-order valence-corrected chi connectivity index (χ1v) is 6.24. The molecule has 1 heterocycles. The van der Waals surface area contributed by atoms with E-state index in [1.165, 1.54) is 30.6 Å². The normalized spacial score (nSPS) is 28.2. The van der Waals surface area contributed by atoms with Crippen LogP contribution in [0.3, 0.4) is 0 Å². The molecule has 0 aromatic heterocycles. The molecule has 16 heavy (non-hydrogen) atoms. The quantitative estimate of drug-likeness (QED) is 0.693. The van der Waals surface area contributed by atoms with Crippen molar-refractivity contribution in [3.8, 4) is 0 Å². The van der Waals surface area contributed by atoms with Crippen LogP contribution < -0.4 is 0 Å². The van der Waals surface area contributed by atoms with Crippen LogP contribution in [0.5, 0.6) is 0 Å². The minimum atomic E-state index is 0.320. The van der Waals surface area contributed by atoms with E-state index in [0.29, 0.717) is 11.5 Å². The molecule has 1 aliphatic carbocycles. The van der Waals surface area contributed by atoms with Gasteiger partial charge in [0.05, 0.1) is 0 Å². The minimum absolute atomic E-state index is 0.320. The van der Waals surface area contributed by atoms with Gasteiger partial charge in [-0.1, -0.05) is 36.4 Å². The van der Waals surface area contributed by atoms with E-state index < -0.39 is 0 Å². The van der Waals surface area contributed by atoms with Crippen molar-refractivity contribution in [3.05, 3.63) is 41.5 Å². The molecular formula is C15H19N. The maximum Gasteiger partial charge on any atom is 0.0281 e. The van der Waals surface area contributed by atoms with Crippen LogP contribution in [0.2, 0.25) is 0 Å². The van der Waals surface area contributed by atoms with Crippen LogP contribution in [-0.2, 0) is 5.41 Å². The van der Waals surface area contributed by atoms with Crippen LogP contribution >= 0.6 is 0 Å². The molecule has 1 atom stereocenters. The summed E-state index contributed by atoms with van der Waals surface area (Å²) < 4.78 is 0. The first-order valence-electron chi connectivity index (χ1n) is 6.24. The molecular weight excluding hydrogens is 194 g/mol. The Morgan fingerprint density at radius 2 is 2.06 bits per heavy atom. The van der Waals surface area contributed by atoms with Crippen LogP contribution in [0.1, 0.15) is 31.4 Å². The molecule has 1 aromatic rings. The molecule has 0 bridgehead atoms. The zero-order valence-electron chi connectivity index (χ0n) is 10.1. The SMILES string of the molecule is CC(C)N1CCC2(C=Cc3ccccc32)C1. The standard InChI is InChI=1S/C15H19N/c1-12(2)16-10-9-15(11-16)8-7-13-5-3-4-6-14(13)15/h3-8,12H,9-11H2,1-2H3. The summed E-state index contributed by atoms with van der Waals surface area (Å²) in [6.45, 7) is 7.02. The van der Waals surface area contributed by atoms with E-state index in [0.717, 1.165) is 0 Å². The monoisotopic (exact) mass is 213 g/mol. The number of fused-ring (bicyclic) bond motifs is 2. The van der Waals surface area contributed by atoms with Gasteiger partial charge >= 0.3 is 0 Å². The van der Waals surface area contributed by atoms with E-state index in [-0.39, 0.29) is 0 Å². The fourth-order valence-corrected chi connectivity index (χ4v) is 3.10. The second-order valence-electron chi connectivity index (χ2n) is 5.39. The number of hydrogen-bond acceptors (Lipinski definition) is 1. The van der Waals surface area contributed by atoms with Crippen molar-refractivity contribution < 1.29 is 0 Å². The van der Waals surface area contributed by atoms with Crippen molar-refractivity contribution in [2.24, 2.45) is 0 Å². The molecule has 1 aliphatic heterocycles. The first kappa shape index (κ1) is 10.1. The Kier molecular flexibility index (Phi) is 2.18. The topological polar surface area (TPSA) is 3.24 Å². The number of rotatable bonds is 1. The van der Waals surface area contributed by atoms with Gasteiger partial charge in [-0.05, 0) is 37.9 Å². The second kappa shape index (κ2) is 3.46. The number of hydrogen-bond donors (Lipinski definition) is 0. The molecule has 1 nitrogen and oxygen atoms in total. The molecule has 1 aromatic carbocycles. The fraction of sp³-hybridized carbons (Fsp3) is 0.467. The molecule has 84 valence electrons. The summed E-state index contributed by atoms with van der Waals surface area (Å²) in [7, 11) is 0. The lowest BCUT2D eigenvalue weighted by Crippen LogP contribution is -2.32. The lowest BCUT2D eigenvalue weighted by atomic mass is 9.82. The number of nitrogens with zero attached hydrogens (tertiary/aromatic N) is 1.